The molecule has 7 heteroatoms. The standard InChI is InChI=1S/C11H14N4O2S/c1-18(16,17)6-5-15-8-10(12)11(14-15)9-3-2-4-13-7-9/h2-4,7-8H,5-6,12H2,1H3. The third-order valence-electron chi connectivity index (χ3n) is 2.42. The molecule has 0 spiro atoms. The highest BCUT2D eigenvalue weighted by Crippen LogP contribution is 2.22. The summed E-state index contributed by atoms with van der Waals surface area (Å²) >= 11 is 0. The summed E-state index contributed by atoms with van der Waals surface area (Å²) in [5, 5.41) is 4.27. The summed E-state index contributed by atoms with van der Waals surface area (Å²) in [5.41, 5.74) is 7.80. The predicted molar refractivity (Wildman–Crippen MR) is 69.6 cm³/mol. The molecule has 0 aliphatic carbocycles. The normalized spacial score (nSPS) is 11.6. The molecule has 0 saturated heterocycles. The molecule has 0 aliphatic rings. The van der Waals surface area contributed by atoms with E-state index in [1.54, 1.807) is 29.3 Å². The Hall–Kier alpha value is -1.89. The lowest BCUT2D eigenvalue weighted by Crippen LogP contribution is -2.11. The zero-order valence-electron chi connectivity index (χ0n) is 9.94. The number of rotatable bonds is 4. The highest BCUT2D eigenvalue weighted by molar-refractivity contribution is 7.90. The molecule has 0 radical (unpaired) electrons. The summed E-state index contributed by atoms with van der Waals surface area (Å²) in [5.74, 6) is 0.0423. The fraction of sp³-hybridized carbons (Fsp3) is 0.273. The summed E-state index contributed by atoms with van der Waals surface area (Å²) in [6, 6.07) is 3.65. The van der Waals surface area contributed by atoms with E-state index < -0.39 is 9.84 Å². The van der Waals surface area contributed by atoms with Crippen LogP contribution in [-0.4, -0.2) is 35.2 Å². The topological polar surface area (TPSA) is 90.9 Å². The van der Waals surface area contributed by atoms with Crippen molar-refractivity contribution in [2.45, 2.75) is 6.54 Å². The van der Waals surface area contributed by atoms with Crippen LogP contribution in [0.4, 0.5) is 5.69 Å². The van der Waals surface area contributed by atoms with Crippen molar-refractivity contribution in [2.75, 3.05) is 17.7 Å². The van der Waals surface area contributed by atoms with Crippen molar-refractivity contribution < 1.29 is 8.42 Å². The van der Waals surface area contributed by atoms with Crippen molar-refractivity contribution in [1.82, 2.24) is 14.8 Å². The van der Waals surface area contributed by atoms with Gasteiger partial charge in [-0.3, -0.25) is 9.67 Å². The predicted octanol–water partition coefficient (Wildman–Crippen LogP) is 0.572. The zero-order chi connectivity index (χ0) is 13.2. The first-order valence-corrected chi connectivity index (χ1v) is 7.43. The summed E-state index contributed by atoms with van der Waals surface area (Å²) in [4.78, 5) is 4.00. The van der Waals surface area contributed by atoms with Gasteiger partial charge in [0.2, 0.25) is 0 Å². The molecule has 6 nitrogen and oxygen atoms in total. The van der Waals surface area contributed by atoms with Gasteiger partial charge in [-0.2, -0.15) is 5.10 Å². The maximum atomic E-state index is 11.1. The van der Waals surface area contributed by atoms with Crippen LogP contribution in [0.2, 0.25) is 0 Å². The largest absolute Gasteiger partial charge is 0.396 e. The Kier molecular flexibility index (Phi) is 3.33. The third-order valence-corrected chi connectivity index (χ3v) is 3.34. The number of hydrogen-bond donors (Lipinski definition) is 1. The molecular formula is C11H14N4O2S. The van der Waals surface area contributed by atoms with Gasteiger partial charge in [0.25, 0.3) is 0 Å². The smallest absolute Gasteiger partial charge is 0.149 e. The fourth-order valence-electron chi connectivity index (χ4n) is 1.54. The van der Waals surface area contributed by atoms with E-state index in [1.165, 1.54) is 6.26 Å². The summed E-state index contributed by atoms with van der Waals surface area (Å²) < 4.78 is 23.7. The lowest BCUT2D eigenvalue weighted by Gasteiger charge is -1.99. The van der Waals surface area contributed by atoms with Crippen LogP contribution in [-0.2, 0) is 16.4 Å². The van der Waals surface area contributed by atoms with E-state index in [0.717, 1.165) is 5.56 Å². The molecule has 2 aromatic rings. The third kappa shape index (κ3) is 3.07. The highest BCUT2D eigenvalue weighted by atomic mass is 32.2. The van der Waals surface area contributed by atoms with Crippen molar-refractivity contribution in [2.24, 2.45) is 0 Å². The second-order valence-corrected chi connectivity index (χ2v) is 6.33. The lowest BCUT2D eigenvalue weighted by atomic mass is 10.2. The Bertz CT molecular complexity index is 634. The Morgan fingerprint density at radius 3 is 2.83 bits per heavy atom. The molecule has 2 rings (SSSR count). The number of aromatic nitrogens is 3. The molecule has 0 bridgehead atoms. The molecule has 0 aromatic carbocycles. The molecule has 0 fully saturated rings. The number of nitrogens with two attached hydrogens (primary N) is 1. The summed E-state index contributed by atoms with van der Waals surface area (Å²) in [6.07, 6.45) is 6.16. The Labute approximate surface area is 105 Å². The van der Waals surface area contributed by atoms with Gasteiger partial charge < -0.3 is 5.73 Å². The number of nitrogens with zero attached hydrogens (tertiary/aromatic N) is 3. The van der Waals surface area contributed by atoms with Crippen molar-refractivity contribution in [3.63, 3.8) is 0 Å². The van der Waals surface area contributed by atoms with Gasteiger partial charge in [0.05, 0.1) is 18.0 Å². The Morgan fingerprint density at radius 2 is 2.22 bits per heavy atom. The molecule has 2 aromatic heterocycles. The molecule has 2 N–H and O–H groups in total. The van der Waals surface area contributed by atoms with Crippen molar-refractivity contribution >= 4 is 15.5 Å². The van der Waals surface area contributed by atoms with E-state index in [-0.39, 0.29) is 5.75 Å². The first-order valence-electron chi connectivity index (χ1n) is 5.37. The van der Waals surface area contributed by atoms with Crippen LogP contribution in [0.15, 0.2) is 30.7 Å². The minimum absolute atomic E-state index is 0.0423. The second-order valence-electron chi connectivity index (χ2n) is 4.07. The van der Waals surface area contributed by atoms with Crippen LogP contribution in [0.25, 0.3) is 11.3 Å². The SMILES string of the molecule is CS(=O)(=O)CCn1cc(N)c(-c2cccnc2)n1. The van der Waals surface area contributed by atoms with E-state index in [0.29, 0.717) is 17.9 Å². The molecule has 0 saturated carbocycles. The van der Waals surface area contributed by atoms with E-state index in [1.807, 2.05) is 6.07 Å². The number of nitrogen functional groups attached to an aromatic ring is 1. The van der Waals surface area contributed by atoms with E-state index in [4.69, 9.17) is 5.73 Å². The zero-order valence-corrected chi connectivity index (χ0v) is 10.8. The summed E-state index contributed by atoms with van der Waals surface area (Å²) in [6.45, 7) is 0.295. The van der Waals surface area contributed by atoms with Gasteiger partial charge in [-0.25, -0.2) is 8.42 Å². The summed E-state index contributed by atoms with van der Waals surface area (Å²) in [7, 11) is -3.00. The van der Waals surface area contributed by atoms with Gasteiger partial charge in [-0.15, -0.1) is 0 Å². The van der Waals surface area contributed by atoms with Crippen LogP contribution in [0, 0.1) is 0 Å². The van der Waals surface area contributed by atoms with Crippen molar-refractivity contribution in [3.05, 3.63) is 30.7 Å². The van der Waals surface area contributed by atoms with Crippen LogP contribution in [0.5, 0.6) is 0 Å². The molecular weight excluding hydrogens is 252 g/mol. The number of pyridine rings is 1. The van der Waals surface area contributed by atoms with Gasteiger partial charge in [-0.1, -0.05) is 0 Å². The van der Waals surface area contributed by atoms with E-state index in [2.05, 4.69) is 10.1 Å². The number of hydrogen-bond acceptors (Lipinski definition) is 5. The Morgan fingerprint density at radius 1 is 1.44 bits per heavy atom. The van der Waals surface area contributed by atoms with E-state index >= 15 is 0 Å². The minimum Gasteiger partial charge on any atom is -0.396 e. The molecule has 2 heterocycles. The molecule has 18 heavy (non-hydrogen) atoms. The van der Waals surface area contributed by atoms with Gasteiger partial charge in [-0.05, 0) is 12.1 Å². The highest BCUT2D eigenvalue weighted by Gasteiger charge is 2.10. The van der Waals surface area contributed by atoms with Gasteiger partial charge in [0, 0.05) is 30.4 Å². The van der Waals surface area contributed by atoms with Crippen LogP contribution in [0.1, 0.15) is 0 Å². The average molecular weight is 266 g/mol. The van der Waals surface area contributed by atoms with Crippen LogP contribution in [0.3, 0.4) is 0 Å². The van der Waals surface area contributed by atoms with Crippen molar-refractivity contribution in [1.29, 1.82) is 0 Å². The molecule has 96 valence electrons. The molecule has 0 unspecified atom stereocenters. The average Bonchev–Trinajstić information content (AvgIpc) is 2.68. The lowest BCUT2D eigenvalue weighted by molar-refractivity contribution is 0.586. The maximum Gasteiger partial charge on any atom is 0.149 e. The van der Waals surface area contributed by atoms with Crippen LogP contribution < -0.4 is 5.73 Å². The Balaban J connectivity index is 2.23. The van der Waals surface area contributed by atoms with E-state index in [9.17, 15) is 8.42 Å². The molecule has 0 amide bonds. The van der Waals surface area contributed by atoms with Crippen molar-refractivity contribution in [3.8, 4) is 11.3 Å². The maximum absolute atomic E-state index is 11.1. The number of aryl methyl sites for hydroxylation is 1. The number of sulfone groups is 1. The fourth-order valence-corrected chi connectivity index (χ4v) is 2.06. The van der Waals surface area contributed by atoms with Crippen LogP contribution >= 0.6 is 0 Å². The van der Waals surface area contributed by atoms with Gasteiger partial charge >= 0.3 is 0 Å². The van der Waals surface area contributed by atoms with Gasteiger partial charge in [0.1, 0.15) is 15.5 Å². The van der Waals surface area contributed by atoms with Gasteiger partial charge in [0.15, 0.2) is 0 Å². The molecule has 0 atom stereocenters. The first kappa shape index (κ1) is 12.6. The minimum atomic E-state index is -3.00. The monoisotopic (exact) mass is 266 g/mol. The molecule has 0 aliphatic heterocycles. The quantitative estimate of drug-likeness (QED) is 0.873. The first-order chi connectivity index (χ1) is 8.46. The number of anilines is 1. The second kappa shape index (κ2) is 4.77.